The minimum absolute atomic E-state index is 0.401. The third-order valence-corrected chi connectivity index (χ3v) is 3.06. The second kappa shape index (κ2) is 5.41. The van der Waals surface area contributed by atoms with E-state index in [4.69, 9.17) is 0 Å². The third-order valence-electron chi connectivity index (χ3n) is 3.06. The summed E-state index contributed by atoms with van der Waals surface area (Å²) >= 11 is 0. The van der Waals surface area contributed by atoms with E-state index in [1.807, 2.05) is 6.33 Å². The molecule has 1 aliphatic rings. The van der Waals surface area contributed by atoms with Crippen molar-refractivity contribution >= 4 is 0 Å². The molecule has 16 heavy (non-hydrogen) atoms. The van der Waals surface area contributed by atoms with Crippen molar-refractivity contribution in [3.8, 4) is 0 Å². The Kier molecular flexibility index (Phi) is 3.90. The minimum Gasteiger partial charge on any atom is -0.315 e. The van der Waals surface area contributed by atoms with Crippen LogP contribution in [0.5, 0.6) is 0 Å². The summed E-state index contributed by atoms with van der Waals surface area (Å²) in [6.45, 7) is 3.09. The fraction of sp³-hybridized carbons (Fsp3) is 0.818. The van der Waals surface area contributed by atoms with Crippen molar-refractivity contribution in [3.05, 3.63) is 12.2 Å². The van der Waals surface area contributed by atoms with Crippen LogP contribution in [-0.4, -0.2) is 46.8 Å². The molecule has 0 amide bonds. The van der Waals surface area contributed by atoms with Crippen LogP contribution in [0.15, 0.2) is 6.33 Å². The van der Waals surface area contributed by atoms with Crippen LogP contribution in [0.25, 0.3) is 0 Å². The SMILES string of the molecule is CN(C)CCn1cnnc1C1CCCCN1. The van der Waals surface area contributed by atoms with Crippen molar-refractivity contribution in [2.45, 2.75) is 31.8 Å². The van der Waals surface area contributed by atoms with Crippen molar-refractivity contribution in [1.29, 1.82) is 0 Å². The lowest BCUT2D eigenvalue weighted by atomic mass is 10.0. The van der Waals surface area contributed by atoms with Gasteiger partial charge in [0.15, 0.2) is 0 Å². The van der Waals surface area contributed by atoms with Crippen LogP contribution in [0.1, 0.15) is 31.1 Å². The van der Waals surface area contributed by atoms with E-state index in [-0.39, 0.29) is 0 Å². The summed E-state index contributed by atoms with van der Waals surface area (Å²) in [4.78, 5) is 2.18. The molecule has 1 aromatic rings. The molecule has 0 aromatic carbocycles. The van der Waals surface area contributed by atoms with Crippen molar-refractivity contribution in [1.82, 2.24) is 25.0 Å². The van der Waals surface area contributed by atoms with Gasteiger partial charge in [-0.05, 0) is 33.5 Å². The zero-order valence-corrected chi connectivity index (χ0v) is 10.2. The van der Waals surface area contributed by atoms with Gasteiger partial charge in [0.2, 0.25) is 0 Å². The lowest BCUT2D eigenvalue weighted by Gasteiger charge is -2.23. The lowest BCUT2D eigenvalue weighted by molar-refractivity contribution is 0.355. The monoisotopic (exact) mass is 223 g/mol. The molecule has 5 heteroatoms. The van der Waals surface area contributed by atoms with Gasteiger partial charge in [-0.25, -0.2) is 0 Å². The normalized spacial score (nSPS) is 21.6. The molecule has 1 aromatic heterocycles. The van der Waals surface area contributed by atoms with Crippen molar-refractivity contribution in [2.24, 2.45) is 0 Å². The van der Waals surface area contributed by atoms with Crippen LogP contribution in [0.4, 0.5) is 0 Å². The molecule has 1 atom stereocenters. The molecule has 1 aliphatic heterocycles. The van der Waals surface area contributed by atoms with E-state index in [1.54, 1.807) is 0 Å². The Hall–Kier alpha value is -0.940. The molecule has 1 saturated heterocycles. The highest BCUT2D eigenvalue weighted by molar-refractivity contribution is 4.96. The summed E-state index contributed by atoms with van der Waals surface area (Å²) in [5, 5.41) is 11.8. The number of hydrogen-bond donors (Lipinski definition) is 1. The van der Waals surface area contributed by atoms with Gasteiger partial charge in [-0.3, -0.25) is 0 Å². The van der Waals surface area contributed by atoms with Gasteiger partial charge in [0, 0.05) is 13.1 Å². The lowest BCUT2D eigenvalue weighted by Crippen LogP contribution is -2.30. The first-order chi connectivity index (χ1) is 7.77. The first kappa shape index (κ1) is 11.5. The largest absolute Gasteiger partial charge is 0.315 e. The van der Waals surface area contributed by atoms with Crippen LogP contribution in [0.2, 0.25) is 0 Å². The first-order valence-corrected chi connectivity index (χ1v) is 6.03. The van der Waals surface area contributed by atoms with Gasteiger partial charge in [-0.15, -0.1) is 10.2 Å². The number of likely N-dealkylation sites (N-methyl/N-ethyl adjacent to an activating group) is 1. The van der Waals surface area contributed by atoms with Crippen molar-refractivity contribution in [2.75, 3.05) is 27.2 Å². The maximum Gasteiger partial charge on any atom is 0.150 e. The highest BCUT2D eigenvalue weighted by Gasteiger charge is 2.19. The molecular weight excluding hydrogens is 202 g/mol. The highest BCUT2D eigenvalue weighted by Crippen LogP contribution is 2.20. The van der Waals surface area contributed by atoms with Crippen LogP contribution in [0, 0.1) is 0 Å². The van der Waals surface area contributed by atoms with Gasteiger partial charge in [-0.1, -0.05) is 6.42 Å². The number of aromatic nitrogens is 3. The smallest absolute Gasteiger partial charge is 0.150 e. The molecule has 0 saturated carbocycles. The second-order valence-corrected chi connectivity index (χ2v) is 4.69. The molecule has 2 rings (SSSR count). The predicted molar refractivity (Wildman–Crippen MR) is 63.2 cm³/mol. The summed E-state index contributed by atoms with van der Waals surface area (Å²) in [6.07, 6.45) is 5.59. The first-order valence-electron chi connectivity index (χ1n) is 6.03. The maximum absolute atomic E-state index is 4.25. The standard InChI is InChI=1S/C11H21N5/c1-15(2)7-8-16-9-13-14-11(16)10-5-3-4-6-12-10/h9-10,12H,3-8H2,1-2H3. The molecule has 0 radical (unpaired) electrons. The van der Waals surface area contributed by atoms with Crippen molar-refractivity contribution in [3.63, 3.8) is 0 Å². The van der Waals surface area contributed by atoms with Gasteiger partial charge in [0.25, 0.3) is 0 Å². The molecule has 5 nitrogen and oxygen atoms in total. The number of nitrogens with one attached hydrogen (secondary N) is 1. The van der Waals surface area contributed by atoms with Gasteiger partial charge in [0.1, 0.15) is 12.2 Å². The fourth-order valence-corrected chi connectivity index (χ4v) is 2.09. The van der Waals surface area contributed by atoms with Gasteiger partial charge in [-0.2, -0.15) is 0 Å². The summed E-state index contributed by atoms with van der Waals surface area (Å²) in [5.74, 6) is 1.10. The Balaban J connectivity index is 2.00. The Bertz CT molecular complexity index is 314. The Morgan fingerprint density at radius 1 is 1.50 bits per heavy atom. The summed E-state index contributed by atoms with van der Waals surface area (Å²) in [6, 6.07) is 0.401. The van der Waals surface area contributed by atoms with Crippen LogP contribution in [0.3, 0.4) is 0 Å². The summed E-state index contributed by atoms with van der Waals surface area (Å²) in [5.41, 5.74) is 0. The molecule has 2 heterocycles. The van der Waals surface area contributed by atoms with E-state index < -0.39 is 0 Å². The van der Waals surface area contributed by atoms with E-state index in [2.05, 4.69) is 39.1 Å². The third kappa shape index (κ3) is 2.80. The quantitative estimate of drug-likeness (QED) is 0.814. The van der Waals surface area contributed by atoms with Gasteiger partial charge < -0.3 is 14.8 Å². The minimum atomic E-state index is 0.401. The molecular formula is C11H21N5. The number of nitrogens with zero attached hydrogens (tertiary/aromatic N) is 4. The van der Waals surface area contributed by atoms with Crippen LogP contribution >= 0.6 is 0 Å². The van der Waals surface area contributed by atoms with Gasteiger partial charge in [0.05, 0.1) is 6.04 Å². The van der Waals surface area contributed by atoms with E-state index in [0.29, 0.717) is 6.04 Å². The number of hydrogen-bond acceptors (Lipinski definition) is 4. The molecule has 0 aliphatic carbocycles. The second-order valence-electron chi connectivity index (χ2n) is 4.69. The highest BCUT2D eigenvalue weighted by atomic mass is 15.3. The molecule has 0 spiro atoms. The molecule has 0 bridgehead atoms. The Morgan fingerprint density at radius 2 is 2.38 bits per heavy atom. The zero-order chi connectivity index (χ0) is 11.4. The van der Waals surface area contributed by atoms with Crippen molar-refractivity contribution < 1.29 is 0 Å². The van der Waals surface area contributed by atoms with E-state index >= 15 is 0 Å². The Labute approximate surface area is 96.8 Å². The number of rotatable bonds is 4. The topological polar surface area (TPSA) is 46.0 Å². The Morgan fingerprint density at radius 3 is 3.06 bits per heavy atom. The molecule has 1 unspecified atom stereocenters. The fourth-order valence-electron chi connectivity index (χ4n) is 2.09. The van der Waals surface area contributed by atoms with Gasteiger partial charge >= 0.3 is 0 Å². The predicted octanol–water partition coefficient (Wildman–Crippen LogP) is 0.654. The molecule has 90 valence electrons. The van der Waals surface area contributed by atoms with E-state index in [0.717, 1.165) is 25.5 Å². The van der Waals surface area contributed by atoms with Crippen LogP contribution in [-0.2, 0) is 6.54 Å². The summed E-state index contributed by atoms with van der Waals surface area (Å²) in [7, 11) is 4.17. The maximum atomic E-state index is 4.25. The molecule has 1 fully saturated rings. The summed E-state index contributed by atoms with van der Waals surface area (Å²) < 4.78 is 2.17. The van der Waals surface area contributed by atoms with E-state index in [9.17, 15) is 0 Å². The molecule has 1 N–H and O–H groups in total. The van der Waals surface area contributed by atoms with Crippen LogP contribution < -0.4 is 5.32 Å². The number of piperidine rings is 1. The average Bonchev–Trinajstić information content (AvgIpc) is 2.75. The average molecular weight is 223 g/mol. The van der Waals surface area contributed by atoms with E-state index in [1.165, 1.54) is 19.3 Å². The zero-order valence-electron chi connectivity index (χ0n) is 10.2.